The number of halogens is 1. The Morgan fingerprint density at radius 2 is 1.91 bits per heavy atom. The van der Waals surface area contributed by atoms with Crippen LogP contribution in [0.5, 0.6) is 0 Å². The smallest absolute Gasteiger partial charge is 0.227 e. The van der Waals surface area contributed by atoms with Gasteiger partial charge in [-0.3, -0.25) is 9.79 Å². The van der Waals surface area contributed by atoms with E-state index in [2.05, 4.69) is 20.9 Å². The van der Waals surface area contributed by atoms with Crippen LogP contribution in [0.1, 0.15) is 33.5 Å². The van der Waals surface area contributed by atoms with Gasteiger partial charge in [0.1, 0.15) is 5.76 Å². The number of rotatable bonds is 8. The number of carbonyl (C=O) groups excluding carboxylic acids is 1. The Morgan fingerprint density at radius 3 is 2.48 bits per heavy atom. The highest BCUT2D eigenvalue weighted by molar-refractivity contribution is 14.0. The van der Waals surface area contributed by atoms with Crippen molar-refractivity contribution in [1.82, 2.24) is 16.0 Å². The lowest BCUT2D eigenvalue weighted by Crippen LogP contribution is -2.42. The second-order valence-corrected chi connectivity index (χ2v) is 5.69. The molecule has 0 aliphatic rings. The molecule has 23 heavy (non-hydrogen) atoms. The molecule has 0 radical (unpaired) electrons. The van der Waals surface area contributed by atoms with E-state index in [1.54, 1.807) is 6.26 Å². The van der Waals surface area contributed by atoms with Crippen LogP contribution in [0.2, 0.25) is 0 Å². The van der Waals surface area contributed by atoms with Crippen molar-refractivity contribution in [3.05, 3.63) is 24.2 Å². The first-order valence-corrected chi connectivity index (χ1v) is 7.82. The lowest BCUT2D eigenvalue weighted by molar-refractivity contribution is -0.128. The van der Waals surface area contributed by atoms with E-state index in [0.29, 0.717) is 19.0 Å². The van der Waals surface area contributed by atoms with Gasteiger partial charge in [-0.15, -0.1) is 24.0 Å². The Balaban J connectivity index is 0.00000484. The average Bonchev–Trinajstić information content (AvgIpc) is 2.98. The Bertz CT molecular complexity index is 472. The van der Waals surface area contributed by atoms with Crippen LogP contribution in [0.25, 0.3) is 0 Å². The maximum atomic E-state index is 12.0. The number of aliphatic imine (C=N–C) groups is 1. The summed E-state index contributed by atoms with van der Waals surface area (Å²) in [6.45, 7) is 10.3. The lowest BCUT2D eigenvalue weighted by atomic mass is 9.92. The number of hydrogen-bond acceptors (Lipinski definition) is 3. The van der Waals surface area contributed by atoms with Crippen molar-refractivity contribution in [2.45, 2.75) is 34.1 Å². The van der Waals surface area contributed by atoms with Gasteiger partial charge in [0.2, 0.25) is 5.91 Å². The highest BCUT2D eigenvalue weighted by atomic mass is 127. The summed E-state index contributed by atoms with van der Waals surface area (Å²) in [5, 5.41) is 9.27. The number of nitrogens with one attached hydrogen (secondary N) is 3. The zero-order valence-corrected chi connectivity index (χ0v) is 16.8. The van der Waals surface area contributed by atoms with Crippen molar-refractivity contribution in [3.63, 3.8) is 0 Å². The molecule has 0 saturated carbocycles. The molecule has 6 nitrogen and oxygen atoms in total. The van der Waals surface area contributed by atoms with Gasteiger partial charge in [0.25, 0.3) is 0 Å². The van der Waals surface area contributed by atoms with Gasteiger partial charge in [-0.25, -0.2) is 0 Å². The lowest BCUT2D eigenvalue weighted by Gasteiger charge is -2.22. The number of guanidine groups is 1. The van der Waals surface area contributed by atoms with Crippen LogP contribution in [0.4, 0.5) is 0 Å². The molecule has 0 unspecified atom stereocenters. The van der Waals surface area contributed by atoms with E-state index in [1.807, 2.05) is 39.8 Å². The van der Waals surface area contributed by atoms with Crippen LogP contribution in [0.3, 0.4) is 0 Å². The van der Waals surface area contributed by atoms with Gasteiger partial charge >= 0.3 is 0 Å². The molecule has 1 aromatic rings. The predicted octanol–water partition coefficient (Wildman–Crippen LogP) is 2.16. The minimum Gasteiger partial charge on any atom is -0.469 e. The summed E-state index contributed by atoms with van der Waals surface area (Å²) in [5.41, 5.74) is -0.528. The Morgan fingerprint density at radius 1 is 1.22 bits per heavy atom. The molecule has 0 saturated heterocycles. The molecule has 1 amide bonds. The van der Waals surface area contributed by atoms with E-state index in [-0.39, 0.29) is 29.9 Å². The summed E-state index contributed by atoms with van der Waals surface area (Å²) < 4.78 is 5.29. The number of carbonyl (C=O) groups is 1. The molecular formula is C16H29IN4O2. The first-order valence-electron chi connectivity index (χ1n) is 7.82. The van der Waals surface area contributed by atoms with Crippen molar-refractivity contribution >= 4 is 35.8 Å². The zero-order chi connectivity index (χ0) is 16.4. The summed E-state index contributed by atoms with van der Waals surface area (Å²) >= 11 is 0. The summed E-state index contributed by atoms with van der Waals surface area (Å²) in [6.07, 6.45) is 2.46. The molecule has 0 bridgehead atoms. The fourth-order valence-corrected chi connectivity index (χ4v) is 1.85. The molecule has 1 rings (SSSR count). The van der Waals surface area contributed by atoms with Crippen LogP contribution >= 0.6 is 24.0 Å². The molecular weight excluding hydrogens is 407 g/mol. The minimum absolute atomic E-state index is 0. The molecule has 1 aromatic heterocycles. The van der Waals surface area contributed by atoms with E-state index < -0.39 is 5.41 Å². The first-order chi connectivity index (χ1) is 10.5. The molecule has 0 fully saturated rings. The van der Waals surface area contributed by atoms with Crippen molar-refractivity contribution in [3.8, 4) is 0 Å². The maximum absolute atomic E-state index is 12.0. The second kappa shape index (κ2) is 11.3. The minimum atomic E-state index is -0.528. The van der Waals surface area contributed by atoms with E-state index in [9.17, 15) is 4.79 Å². The van der Waals surface area contributed by atoms with Crippen LogP contribution in [-0.4, -0.2) is 38.0 Å². The molecule has 0 spiro atoms. The van der Waals surface area contributed by atoms with Gasteiger partial charge < -0.3 is 20.4 Å². The fourth-order valence-electron chi connectivity index (χ4n) is 1.85. The summed E-state index contributed by atoms with van der Waals surface area (Å²) in [4.78, 5) is 16.5. The highest BCUT2D eigenvalue weighted by Crippen LogP contribution is 2.15. The van der Waals surface area contributed by atoms with Crippen LogP contribution < -0.4 is 16.0 Å². The van der Waals surface area contributed by atoms with Crippen molar-refractivity contribution in [1.29, 1.82) is 0 Å². The Hall–Kier alpha value is -1.25. The highest BCUT2D eigenvalue weighted by Gasteiger charge is 2.26. The quantitative estimate of drug-likeness (QED) is 0.332. The van der Waals surface area contributed by atoms with Crippen LogP contribution in [0, 0.1) is 5.41 Å². The molecule has 3 N–H and O–H groups in total. The fraction of sp³-hybridized carbons (Fsp3) is 0.625. The second-order valence-electron chi connectivity index (χ2n) is 5.69. The van der Waals surface area contributed by atoms with Gasteiger partial charge in [0, 0.05) is 26.1 Å². The zero-order valence-electron chi connectivity index (χ0n) is 14.4. The molecule has 0 aliphatic carbocycles. The molecule has 132 valence electrons. The molecule has 0 aromatic carbocycles. The third kappa shape index (κ3) is 8.24. The van der Waals surface area contributed by atoms with Gasteiger partial charge in [0.05, 0.1) is 18.2 Å². The number of nitrogens with zero attached hydrogens (tertiary/aromatic N) is 1. The molecule has 7 heteroatoms. The third-order valence-electron chi connectivity index (χ3n) is 3.17. The Kier molecular flexibility index (Phi) is 10.7. The van der Waals surface area contributed by atoms with Crippen LogP contribution in [-0.2, 0) is 11.2 Å². The third-order valence-corrected chi connectivity index (χ3v) is 3.17. The first kappa shape index (κ1) is 21.8. The van der Waals surface area contributed by atoms with Gasteiger partial charge in [-0.05, 0) is 39.8 Å². The van der Waals surface area contributed by atoms with E-state index in [0.717, 1.165) is 25.3 Å². The van der Waals surface area contributed by atoms with Gasteiger partial charge in [0.15, 0.2) is 5.96 Å². The summed E-state index contributed by atoms with van der Waals surface area (Å²) in [6, 6.07) is 3.83. The summed E-state index contributed by atoms with van der Waals surface area (Å²) in [5.74, 6) is 1.67. The van der Waals surface area contributed by atoms with E-state index in [4.69, 9.17) is 4.42 Å². The molecule has 0 aliphatic heterocycles. The average molecular weight is 436 g/mol. The van der Waals surface area contributed by atoms with Gasteiger partial charge in [-0.2, -0.15) is 0 Å². The van der Waals surface area contributed by atoms with E-state index in [1.165, 1.54) is 0 Å². The number of furan rings is 1. The van der Waals surface area contributed by atoms with Crippen LogP contribution in [0.15, 0.2) is 27.8 Å². The standard InChI is InChI=1S/C16H28N4O2.HI/c1-5-17-14(21)16(3,4)12-20-15(18-6-2)19-10-9-13-8-7-11-22-13;/h7-8,11H,5-6,9-10,12H2,1-4H3,(H,17,21)(H2,18,19,20);1H. The molecule has 0 atom stereocenters. The number of hydrogen-bond donors (Lipinski definition) is 3. The SMILES string of the molecule is CCNC(=O)C(C)(C)CN=C(NCC)NCCc1ccco1.I. The van der Waals surface area contributed by atoms with Crippen molar-refractivity contribution in [2.24, 2.45) is 10.4 Å². The van der Waals surface area contributed by atoms with Gasteiger partial charge in [-0.1, -0.05) is 0 Å². The summed E-state index contributed by atoms with van der Waals surface area (Å²) in [7, 11) is 0. The predicted molar refractivity (Wildman–Crippen MR) is 104 cm³/mol. The normalized spacial score (nSPS) is 11.6. The van der Waals surface area contributed by atoms with Crippen molar-refractivity contribution < 1.29 is 9.21 Å². The van der Waals surface area contributed by atoms with E-state index >= 15 is 0 Å². The Labute approximate surface area is 155 Å². The molecule has 1 heterocycles. The maximum Gasteiger partial charge on any atom is 0.227 e. The largest absolute Gasteiger partial charge is 0.469 e. The van der Waals surface area contributed by atoms with Crippen molar-refractivity contribution in [2.75, 3.05) is 26.2 Å². The monoisotopic (exact) mass is 436 g/mol. The number of amides is 1. The topological polar surface area (TPSA) is 78.7 Å².